The highest BCUT2D eigenvalue weighted by Gasteiger charge is 2.25. The van der Waals surface area contributed by atoms with Crippen molar-refractivity contribution in [3.05, 3.63) is 50.9 Å². The van der Waals surface area contributed by atoms with Crippen molar-refractivity contribution in [3.63, 3.8) is 0 Å². The third-order valence-corrected chi connectivity index (χ3v) is 4.80. The molecule has 0 aliphatic heterocycles. The average Bonchev–Trinajstić information content (AvgIpc) is 3.29. The molecule has 0 saturated carbocycles. The van der Waals surface area contributed by atoms with Gasteiger partial charge < -0.3 is 29.7 Å². The summed E-state index contributed by atoms with van der Waals surface area (Å²) in [5.41, 5.74) is 2.46. The molecule has 158 valence electrons. The van der Waals surface area contributed by atoms with Crippen molar-refractivity contribution in [2.24, 2.45) is 0 Å². The molecule has 0 saturated heterocycles. The molecule has 0 atom stereocenters. The van der Waals surface area contributed by atoms with Gasteiger partial charge in [0.15, 0.2) is 5.78 Å². The lowest BCUT2D eigenvalue weighted by molar-refractivity contribution is 0.103. The van der Waals surface area contributed by atoms with Gasteiger partial charge in [-0.3, -0.25) is 4.79 Å². The van der Waals surface area contributed by atoms with E-state index in [4.69, 9.17) is 19.4 Å². The summed E-state index contributed by atoms with van der Waals surface area (Å²) in [4.78, 5) is 27.0. The van der Waals surface area contributed by atoms with Gasteiger partial charge in [-0.1, -0.05) is 15.9 Å². The Morgan fingerprint density at radius 2 is 2.07 bits per heavy atom. The number of H-pyrrole nitrogens is 1. The number of rotatable bonds is 8. The number of aromatic amines is 1. The van der Waals surface area contributed by atoms with E-state index in [1.54, 1.807) is 32.0 Å². The number of carbonyl (C=O) groups is 2. The number of hydrogen-bond acceptors (Lipinski definition) is 7. The Bertz CT molecular complexity index is 1090. The second kappa shape index (κ2) is 9.09. The number of halogens is 1. The zero-order chi connectivity index (χ0) is 21.8. The predicted octanol–water partition coefficient (Wildman–Crippen LogP) is 2.81. The average molecular weight is 479 g/mol. The molecule has 1 aromatic carbocycles. The van der Waals surface area contributed by atoms with Crippen molar-refractivity contribution in [2.75, 3.05) is 13.2 Å². The number of aryl methyl sites for hydroxylation is 1. The lowest BCUT2D eigenvalue weighted by atomic mass is 9.99. The Hall–Kier alpha value is -3.18. The first-order valence-electron chi connectivity index (χ1n) is 8.88. The molecule has 0 aliphatic carbocycles. The number of nitrogens with one attached hydrogen (secondary N) is 2. The maximum atomic E-state index is 13.4. The first kappa shape index (κ1) is 21.5. The Balaban J connectivity index is 1.93. The second-order valence-corrected chi connectivity index (χ2v) is 7.25. The van der Waals surface area contributed by atoms with E-state index in [1.165, 1.54) is 0 Å². The van der Waals surface area contributed by atoms with Crippen molar-refractivity contribution in [2.45, 2.75) is 20.5 Å². The van der Waals surface area contributed by atoms with E-state index in [0.29, 0.717) is 38.3 Å². The molecule has 0 fully saturated rings. The highest BCUT2D eigenvalue weighted by Crippen LogP contribution is 2.32. The lowest BCUT2D eigenvalue weighted by Gasteiger charge is -2.12. The zero-order valence-electron chi connectivity index (χ0n) is 16.2. The van der Waals surface area contributed by atoms with Gasteiger partial charge in [-0.05, 0) is 37.6 Å². The van der Waals surface area contributed by atoms with E-state index in [-0.39, 0.29) is 37.3 Å². The SMILES string of the molecule is Cc1[nH]c(-c2nnc(CO)o2)c(C)c1C(=O)c1cc(Br)ccc1OCCNC(=O)O. The Morgan fingerprint density at radius 1 is 1.30 bits per heavy atom. The maximum Gasteiger partial charge on any atom is 0.404 e. The standard InChI is InChI=1S/C19H19BrN4O6/c1-9-15(10(2)22-16(9)18-24-23-14(8-25)30-18)17(26)12-7-11(20)3-4-13(12)29-6-5-21-19(27)28/h3-4,7,21-22,25H,5-6,8H2,1-2H3,(H,27,28). The van der Waals surface area contributed by atoms with Crippen molar-refractivity contribution in [1.29, 1.82) is 0 Å². The van der Waals surface area contributed by atoms with Crippen LogP contribution in [0.5, 0.6) is 5.75 Å². The topological polar surface area (TPSA) is 151 Å². The maximum absolute atomic E-state index is 13.4. The number of aromatic nitrogens is 3. The summed E-state index contributed by atoms with van der Waals surface area (Å²) < 4.78 is 11.7. The Morgan fingerprint density at radius 3 is 2.73 bits per heavy atom. The van der Waals surface area contributed by atoms with Crippen LogP contribution in [0.4, 0.5) is 4.79 Å². The van der Waals surface area contributed by atoms with Crippen LogP contribution in [0.2, 0.25) is 0 Å². The quantitative estimate of drug-likeness (QED) is 0.285. The van der Waals surface area contributed by atoms with Crippen LogP contribution in [0.1, 0.15) is 33.1 Å². The summed E-state index contributed by atoms with van der Waals surface area (Å²) in [6, 6.07) is 5.01. The Kier molecular flexibility index (Phi) is 6.53. The number of ketones is 1. The number of aliphatic hydroxyl groups is 1. The monoisotopic (exact) mass is 478 g/mol. The number of aliphatic hydroxyl groups excluding tert-OH is 1. The Labute approximate surface area is 179 Å². The van der Waals surface area contributed by atoms with Crippen molar-refractivity contribution in [1.82, 2.24) is 20.5 Å². The van der Waals surface area contributed by atoms with Gasteiger partial charge in [0.2, 0.25) is 5.89 Å². The zero-order valence-corrected chi connectivity index (χ0v) is 17.7. The predicted molar refractivity (Wildman–Crippen MR) is 109 cm³/mol. The molecular weight excluding hydrogens is 460 g/mol. The minimum atomic E-state index is -1.15. The van der Waals surface area contributed by atoms with Gasteiger partial charge in [0.05, 0.1) is 12.1 Å². The number of carbonyl (C=O) groups excluding carboxylic acids is 1. The van der Waals surface area contributed by atoms with Crippen LogP contribution in [0, 0.1) is 13.8 Å². The molecule has 3 aromatic rings. The normalized spacial score (nSPS) is 10.8. The van der Waals surface area contributed by atoms with E-state index < -0.39 is 6.09 Å². The smallest absolute Gasteiger partial charge is 0.404 e. The fraction of sp³-hybridized carbons (Fsp3) is 0.263. The van der Waals surface area contributed by atoms with Crippen LogP contribution < -0.4 is 10.1 Å². The molecule has 4 N–H and O–H groups in total. The van der Waals surface area contributed by atoms with Crippen LogP contribution in [-0.2, 0) is 6.61 Å². The van der Waals surface area contributed by atoms with Crippen molar-refractivity contribution >= 4 is 27.8 Å². The van der Waals surface area contributed by atoms with Gasteiger partial charge in [0.25, 0.3) is 5.89 Å². The molecule has 30 heavy (non-hydrogen) atoms. The number of benzene rings is 1. The molecular formula is C19H19BrN4O6. The van der Waals surface area contributed by atoms with Crippen LogP contribution in [0.3, 0.4) is 0 Å². The van der Waals surface area contributed by atoms with E-state index >= 15 is 0 Å². The molecule has 0 aliphatic rings. The fourth-order valence-electron chi connectivity index (χ4n) is 2.98. The summed E-state index contributed by atoms with van der Waals surface area (Å²) in [7, 11) is 0. The lowest BCUT2D eigenvalue weighted by Crippen LogP contribution is -2.26. The molecule has 2 heterocycles. The van der Waals surface area contributed by atoms with Gasteiger partial charge in [-0.2, -0.15) is 0 Å². The minimum absolute atomic E-state index is 0.0660. The van der Waals surface area contributed by atoms with Crippen LogP contribution in [0.25, 0.3) is 11.6 Å². The highest BCUT2D eigenvalue weighted by atomic mass is 79.9. The van der Waals surface area contributed by atoms with E-state index in [9.17, 15) is 9.59 Å². The number of hydrogen-bond donors (Lipinski definition) is 4. The van der Waals surface area contributed by atoms with Crippen LogP contribution in [0.15, 0.2) is 27.1 Å². The van der Waals surface area contributed by atoms with Crippen LogP contribution >= 0.6 is 15.9 Å². The fourth-order valence-corrected chi connectivity index (χ4v) is 3.34. The molecule has 11 heteroatoms. The molecule has 1 amide bonds. The first-order valence-corrected chi connectivity index (χ1v) is 9.67. The van der Waals surface area contributed by atoms with E-state index in [2.05, 4.69) is 36.4 Å². The molecule has 10 nitrogen and oxygen atoms in total. The largest absolute Gasteiger partial charge is 0.491 e. The summed E-state index contributed by atoms with van der Waals surface area (Å²) in [6.45, 7) is 3.27. The molecule has 3 rings (SSSR count). The van der Waals surface area contributed by atoms with Crippen LogP contribution in [-0.4, -0.2) is 50.4 Å². The van der Waals surface area contributed by atoms with Gasteiger partial charge >= 0.3 is 6.09 Å². The van der Waals surface area contributed by atoms with Crippen molar-refractivity contribution < 1.29 is 29.0 Å². The number of carboxylic acid groups (broad SMARTS) is 1. The van der Waals surface area contributed by atoms with E-state index in [1.807, 2.05) is 0 Å². The third-order valence-electron chi connectivity index (χ3n) is 4.30. The summed E-state index contributed by atoms with van der Waals surface area (Å²) in [5, 5.41) is 27.6. The van der Waals surface area contributed by atoms with Crippen molar-refractivity contribution in [3.8, 4) is 17.3 Å². The first-order chi connectivity index (χ1) is 14.3. The molecule has 0 spiro atoms. The summed E-state index contributed by atoms with van der Waals surface area (Å²) >= 11 is 3.37. The molecule has 0 radical (unpaired) electrons. The number of amides is 1. The molecule has 0 unspecified atom stereocenters. The number of nitrogens with zero attached hydrogens (tertiary/aromatic N) is 2. The number of ether oxygens (including phenoxy) is 1. The van der Waals surface area contributed by atoms with E-state index in [0.717, 1.165) is 0 Å². The second-order valence-electron chi connectivity index (χ2n) is 6.33. The van der Waals surface area contributed by atoms with Gasteiger partial charge in [0, 0.05) is 15.7 Å². The summed E-state index contributed by atoms with van der Waals surface area (Å²) in [6.07, 6.45) is -1.15. The highest BCUT2D eigenvalue weighted by molar-refractivity contribution is 9.10. The molecule has 2 aromatic heterocycles. The molecule has 0 bridgehead atoms. The minimum Gasteiger partial charge on any atom is -0.491 e. The van der Waals surface area contributed by atoms with Gasteiger partial charge in [0.1, 0.15) is 24.7 Å². The third kappa shape index (κ3) is 4.52. The van der Waals surface area contributed by atoms with Gasteiger partial charge in [-0.25, -0.2) is 4.79 Å². The summed E-state index contributed by atoms with van der Waals surface area (Å²) in [5.74, 6) is 0.292. The van der Waals surface area contributed by atoms with Gasteiger partial charge in [-0.15, -0.1) is 10.2 Å².